The number of H-pyrrole nitrogens is 1. The molecule has 2 aliphatic rings. The fraction of sp³-hybridized carbons (Fsp3) is 0.433. The van der Waals surface area contributed by atoms with Crippen LogP contribution < -0.4 is 21.9 Å². The number of urea groups is 1. The molecule has 4 aromatic rings. The van der Waals surface area contributed by atoms with E-state index in [4.69, 9.17) is 0 Å². The highest BCUT2D eigenvalue weighted by Crippen LogP contribution is 2.31. The van der Waals surface area contributed by atoms with Crippen molar-refractivity contribution in [2.45, 2.75) is 64.3 Å². The van der Waals surface area contributed by atoms with Crippen LogP contribution in [0.1, 0.15) is 61.8 Å². The summed E-state index contributed by atoms with van der Waals surface area (Å²) in [7, 11) is 0. The Kier molecular flexibility index (Phi) is 7.65. The minimum atomic E-state index is -4.66. The van der Waals surface area contributed by atoms with Gasteiger partial charge in [0, 0.05) is 43.3 Å². The highest BCUT2D eigenvalue weighted by atomic mass is 19.4. The molecule has 11 nitrogen and oxygen atoms in total. The van der Waals surface area contributed by atoms with Gasteiger partial charge in [-0.1, -0.05) is 0 Å². The molecular weight excluding hydrogens is 598 g/mol. The van der Waals surface area contributed by atoms with Gasteiger partial charge in [0.25, 0.3) is 11.5 Å². The number of piperidine rings is 1. The number of nitrogens with one attached hydrogen (secondary N) is 3. The maximum atomic E-state index is 15.3. The average molecular weight is 630 g/mol. The highest BCUT2D eigenvalue weighted by Gasteiger charge is 2.35. The van der Waals surface area contributed by atoms with Crippen molar-refractivity contribution in [3.63, 3.8) is 0 Å². The van der Waals surface area contributed by atoms with E-state index in [9.17, 15) is 32.3 Å². The molecular formula is C30H31F4N7O4. The van der Waals surface area contributed by atoms with E-state index in [1.165, 1.54) is 38.3 Å². The van der Waals surface area contributed by atoms with Crippen LogP contribution in [0.4, 0.5) is 28.0 Å². The Hall–Kier alpha value is -4.69. The molecule has 1 atom stereocenters. The zero-order valence-electron chi connectivity index (χ0n) is 24.5. The summed E-state index contributed by atoms with van der Waals surface area (Å²) in [6.07, 6.45) is -1.74. The number of aromatic nitrogens is 4. The summed E-state index contributed by atoms with van der Waals surface area (Å²) in [6.45, 7) is 4.24. The number of carbonyl (C=O) groups excluding carboxylic acids is 2. The lowest BCUT2D eigenvalue weighted by Gasteiger charge is -2.33. The monoisotopic (exact) mass is 629 g/mol. The fourth-order valence-electron chi connectivity index (χ4n) is 5.74. The molecule has 1 unspecified atom stereocenters. The molecule has 1 aliphatic carbocycles. The summed E-state index contributed by atoms with van der Waals surface area (Å²) >= 11 is 0. The third-order valence-corrected chi connectivity index (χ3v) is 8.21. The minimum Gasteiger partial charge on any atom is -0.348 e. The lowest BCUT2D eigenvalue weighted by molar-refractivity contribution is -0.144. The van der Waals surface area contributed by atoms with Gasteiger partial charge in [0.2, 0.25) is 5.82 Å². The molecule has 3 amide bonds. The Bertz CT molecular complexity index is 1940. The van der Waals surface area contributed by atoms with Crippen molar-refractivity contribution in [2.24, 2.45) is 5.92 Å². The van der Waals surface area contributed by atoms with Gasteiger partial charge in [0.05, 0.1) is 27.6 Å². The maximum Gasteiger partial charge on any atom is 0.449 e. The molecule has 0 radical (unpaired) electrons. The number of fused-ring (bicyclic) bond motifs is 2. The molecule has 2 aromatic heterocycles. The first-order valence-corrected chi connectivity index (χ1v) is 14.7. The van der Waals surface area contributed by atoms with Crippen LogP contribution in [0.15, 0.2) is 39.9 Å². The van der Waals surface area contributed by atoms with Crippen LogP contribution in [0.3, 0.4) is 0 Å². The zero-order chi connectivity index (χ0) is 32.2. The number of anilines is 1. The Labute approximate surface area is 253 Å². The predicted octanol–water partition coefficient (Wildman–Crippen LogP) is 4.61. The van der Waals surface area contributed by atoms with Gasteiger partial charge in [-0.15, -0.1) is 0 Å². The van der Waals surface area contributed by atoms with Gasteiger partial charge in [-0.05, 0) is 69.7 Å². The normalized spacial score (nSPS) is 17.3. The fourth-order valence-corrected chi connectivity index (χ4v) is 5.74. The number of nitrogens with zero attached hydrogens (tertiary/aromatic N) is 4. The molecule has 3 N–H and O–H groups in total. The van der Waals surface area contributed by atoms with Crippen LogP contribution in [0, 0.1) is 11.7 Å². The van der Waals surface area contributed by atoms with Gasteiger partial charge in [0.1, 0.15) is 5.82 Å². The molecule has 3 heterocycles. The summed E-state index contributed by atoms with van der Waals surface area (Å²) in [5, 5.41) is 5.46. The summed E-state index contributed by atoms with van der Waals surface area (Å²) < 4.78 is 56.9. The molecule has 45 heavy (non-hydrogen) atoms. The number of amides is 3. The molecule has 0 bridgehead atoms. The molecule has 1 saturated carbocycles. The highest BCUT2D eigenvalue weighted by molar-refractivity contribution is 5.98. The lowest BCUT2D eigenvalue weighted by Crippen LogP contribution is -2.50. The largest absolute Gasteiger partial charge is 0.449 e. The summed E-state index contributed by atoms with van der Waals surface area (Å²) in [5.74, 6) is -2.26. The number of halogens is 4. The molecule has 1 aliphatic heterocycles. The number of alkyl halides is 3. The summed E-state index contributed by atoms with van der Waals surface area (Å²) in [4.78, 5) is 59.7. The van der Waals surface area contributed by atoms with E-state index in [0.29, 0.717) is 19.4 Å². The first-order valence-electron chi connectivity index (χ1n) is 14.7. The molecule has 0 spiro atoms. The number of carbonyl (C=O) groups is 2. The number of aromatic amines is 1. The Balaban J connectivity index is 1.18. The van der Waals surface area contributed by atoms with Crippen LogP contribution in [0.5, 0.6) is 0 Å². The predicted molar refractivity (Wildman–Crippen MR) is 158 cm³/mol. The third kappa shape index (κ3) is 6.02. The van der Waals surface area contributed by atoms with E-state index >= 15 is 4.39 Å². The van der Waals surface area contributed by atoms with Gasteiger partial charge in [-0.3, -0.25) is 18.7 Å². The van der Waals surface area contributed by atoms with Crippen LogP contribution in [-0.2, 0) is 12.7 Å². The third-order valence-electron chi connectivity index (χ3n) is 8.21. The number of benzene rings is 2. The zero-order valence-corrected chi connectivity index (χ0v) is 24.5. The van der Waals surface area contributed by atoms with Crippen molar-refractivity contribution in [3.8, 4) is 0 Å². The van der Waals surface area contributed by atoms with Crippen molar-refractivity contribution < 1.29 is 27.2 Å². The van der Waals surface area contributed by atoms with Crippen molar-refractivity contribution in [3.05, 3.63) is 68.4 Å². The molecule has 6 rings (SSSR count). The molecule has 238 valence electrons. The molecule has 15 heteroatoms. The van der Waals surface area contributed by atoms with Crippen LogP contribution in [-0.4, -0.2) is 55.1 Å². The number of hydrogen-bond donors (Lipinski definition) is 3. The van der Waals surface area contributed by atoms with E-state index in [-0.39, 0.29) is 58.2 Å². The number of imidazole rings is 1. The first-order chi connectivity index (χ1) is 21.3. The van der Waals surface area contributed by atoms with Gasteiger partial charge < -0.3 is 20.5 Å². The first kappa shape index (κ1) is 30.3. The van der Waals surface area contributed by atoms with Crippen molar-refractivity contribution >= 4 is 39.6 Å². The SMILES string of the molecule is CC(C)n1c(=O)n(CC2CC2)c(=O)c2cc(NC(=O)N3CCCC(NC(=O)c4ccc5nc(C(F)(F)F)[nH]c5c4)C3)c(F)cc21. The topological polar surface area (TPSA) is 134 Å². The van der Waals surface area contributed by atoms with Gasteiger partial charge >= 0.3 is 17.9 Å². The second-order valence-electron chi connectivity index (χ2n) is 12.0. The number of rotatable bonds is 6. The van der Waals surface area contributed by atoms with E-state index in [1.807, 2.05) is 0 Å². The molecule has 1 saturated heterocycles. The number of hydrogen-bond acceptors (Lipinski definition) is 5. The smallest absolute Gasteiger partial charge is 0.348 e. The van der Waals surface area contributed by atoms with E-state index in [2.05, 4.69) is 20.6 Å². The van der Waals surface area contributed by atoms with Crippen molar-refractivity contribution in [1.29, 1.82) is 0 Å². The Morgan fingerprint density at radius 1 is 1.11 bits per heavy atom. The second kappa shape index (κ2) is 11.3. The molecule has 2 fully saturated rings. The minimum absolute atomic E-state index is 0.0572. The van der Waals surface area contributed by atoms with E-state index < -0.39 is 47.0 Å². The maximum absolute atomic E-state index is 15.3. The van der Waals surface area contributed by atoms with Crippen LogP contribution in [0.25, 0.3) is 21.9 Å². The molecule has 2 aromatic carbocycles. The Morgan fingerprint density at radius 2 is 1.87 bits per heavy atom. The lowest BCUT2D eigenvalue weighted by atomic mass is 10.1. The second-order valence-corrected chi connectivity index (χ2v) is 12.0. The standard InChI is InChI=1S/C30H31F4N7O4/c1-15(2)41-24-12-20(31)22(11-19(24)26(43)40(29(41)45)13-16-5-6-16)38-28(44)39-9-3-4-18(14-39)35-25(42)17-7-8-21-23(10-17)37-27(36-21)30(32,33)34/h7-8,10-12,15-16,18H,3-6,9,13-14H2,1-2H3,(H,35,42)(H,36,37)(H,38,44). The van der Waals surface area contributed by atoms with Gasteiger partial charge in [-0.2, -0.15) is 13.2 Å². The van der Waals surface area contributed by atoms with Gasteiger partial charge in [-0.25, -0.2) is 19.0 Å². The van der Waals surface area contributed by atoms with E-state index in [1.54, 1.807) is 13.8 Å². The Morgan fingerprint density at radius 3 is 2.56 bits per heavy atom. The van der Waals surface area contributed by atoms with Crippen molar-refractivity contribution in [1.82, 2.24) is 29.3 Å². The van der Waals surface area contributed by atoms with E-state index in [0.717, 1.165) is 18.9 Å². The van der Waals surface area contributed by atoms with Gasteiger partial charge in [0.15, 0.2) is 0 Å². The number of likely N-dealkylation sites (tertiary alicyclic amines) is 1. The van der Waals surface area contributed by atoms with Crippen molar-refractivity contribution in [2.75, 3.05) is 18.4 Å². The summed E-state index contributed by atoms with van der Waals surface area (Å²) in [5.41, 5.74) is -0.871. The van der Waals surface area contributed by atoms with Crippen LogP contribution in [0.2, 0.25) is 0 Å². The van der Waals surface area contributed by atoms with Crippen LogP contribution >= 0.6 is 0 Å². The average Bonchev–Trinajstić information content (AvgIpc) is 3.69. The quantitative estimate of drug-likeness (QED) is 0.268. The summed E-state index contributed by atoms with van der Waals surface area (Å²) in [6, 6.07) is 4.85.